The smallest absolute Gasteiger partial charge is 0.209 e. The molecule has 0 aliphatic heterocycles. The lowest BCUT2D eigenvalue weighted by atomic mass is 10.0. The van der Waals surface area contributed by atoms with Crippen molar-refractivity contribution in [1.29, 1.82) is 0 Å². The monoisotopic (exact) mass is 268 g/mol. The second-order valence-electron chi connectivity index (χ2n) is 3.03. The van der Waals surface area contributed by atoms with E-state index in [1.54, 1.807) is 0 Å². The van der Waals surface area contributed by atoms with Crippen LogP contribution in [0.4, 0.5) is 0 Å². The Bertz CT molecular complexity index is 413. The Morgan fingerprint density at radius 2 is 2.00 bits per heavy atom. The fourth-order valence-corrected chi connectivity index (χ4v) is 2.43. The average molecular weight is 269 g/mol. The molecule has 2 aromatic rings. The molecule has 14 heavy (non-hydrogen) atoms. The maximum absolute atomic E-state index is 4.31. The maximum atomic E-state index is 4.31. The third-order valence-corrected chi connectivity index (χ3v) is 3.57. The zero-order chi connectivity index (χ0) is 9.97. The van der Waals surface area contributed by atoms with Gasteiger partial charge in [0.1, 0.15) is 5.01 Å². The Morgan fingerprint density at radius 1 is 1.29 bits per heavy atom. The van der Waals surface area contributed by atoms with Crippen molar-refractivity contribution in [3.05, 3.63) is 45.6 Å². The molecule has 0 spiro atoms. The summed E-state index contributed by atoms with van der Waals surface area (Å²) in [7, 11) is 0. The van der Waals surface area contributed by atoms with Crippen molar-refractivity contribution in [1.82, 2.24) is 9.36 Å². The molecular weight excluding hydrogens is 260 g/mol. The van der Waals surface area contributed by atoms with Crippen LogP contribution in [0.25, 0.3) is 0 Å². The first-order valence-corrected chi connectivity index (χ1v) is 5.88. The quantitative estimate of drug-likeness (QED) is 0.834. The average Bonchev–Trinajstić information content (AvgIpc) is 2.65. The van der Waals surface area contributed by atoms with Gasteiger partial charge in [-0.3, -0.25) is 0 Å². The van der Waals surface area contributed by atoms with Crippen LogP contribution in [0.2, 0.25) is 0 Å². The van der Waals surface area contributed by atoms with E-state index in [2.05, 4.69) is 44.3 Å². The van der Waals surface area contributed by atoms with E-state index in [1.165, 1.54) is 17.1 Å². The van der Waals surface area contributed by atoms with E-state index < -0.39 is 0 Å². The zero-order valence-electron chi connectivity index (χ0n) is 7.64. The highest BCUT2D eigenvalue weighted by Gasteiger charge is 2.12. The fraction of sp³-hybridized carbons (Fsp3) is 0.200. The van der Waals surface area contributed by atoms with Crippen LogP contribution in [0, 0.1) is 0 Å². The normalized spacial score (nSPS) is 12.7. The molecule has 1 aromatic heterocycles. The van der Waals surface area contributed by atoms with E-state index in [4.69, 9.17) is 0 Å². The van der Waals surface area contributed by atoms with Crippen LogP contribution in [-0.4, -0.2) is 9.36 Å². The van der Waals surface area contributed by atoms with Gasteiger partial charge in [-0.05, 0) is 33.0 Å². The van der Waals surface area contributed by atoms with Gasteiger partial charge >= 0.3 is 0 Å². The maximum Gasteiger partial charge on any atom is 0.209 e. The van der Waals surface area contributed by atoms with Crippen LogP contribution in [0.15, 0.2) is 35.1 Å². The minimum atomic E-state index is 0.319. The SMILES string of the molecule is CC(c1ccccc1)c1nc(Br)ns1. The van der Waals surface area contributed by atoms with Crippen LogP contribution in [-0.2, 0) is 0 Å². The number of nitrogens with zero attached hydrogens (tertiary/aromatic N) is 2. The first-order valence-electron chi connectivity index (χ1n) is 4.31. The Balaban J connectivity index is 2.29. The number of rotatable bonds is 2. The molecule has 2 nitrogen and oxygen atoms in total. The second-order valence-corrected chi connectivity index (χ2v) is 4.53. The van der Waals surface area contributed by atoms with Crippen molar-refractivity contribution >= 4 is 27.5 Å². The molecule has 72 valence electrons. The van der Waals surface area contributed by atoms with Crippen LogP contribution >= 0.6 is 27.5 Å². The van der Waals surface area contributed by atoms with Gasteiger partial charge in [-0.1, -0.05) is 37.3 Å². The number of benzene rings is 1. The number of hydrogen-bond acceptors (Lipinski definition) is 3. The van der Waals surface area contributed by atoms with E-state index in [0.717, 1.165) is 5.01 Å². The Hall–Kier alpha value is -0.740. The Kier molecular flexibility index (Phi) is 2.93. The molecule has 0 bridgehead atoms. The van der Waals surface area contributed by atoms with Gasteiger partial charge in [-0.2, -0.15) is 4.37 Å². The van der Waals surface area contributed by atoms with Gasteiger partial charge in [0.25, 0.3) is 0 Å². The molecule has 0 saturated carbocycles. The molecule has 1 heterocycles. The summed E-state index contributed by atoms with van der Waals surface area (Å²) in [5.74, 6) is 0.319. The predicted octanol–water partition coefficient (Wildman–Crippen LogP) is 3.45. The molecule has 2 rings (SSSR count). The van der Waals surface area contributed by atoms with Crippen LogP contribution in [0.1, 0.15) is 23.4 Å². The first-order chi connectivity index (χ1) is 6.77. The summed E-state index contributed by atoms with van der Waals surface area (Å²) < 4.78 is 4.79. The van der Waals surface area contributed by atoms with Gasteiger partial charge in [0.2, 0.25) is 4.73 Å². The zero-order valence-corrected chi connectivity index (χ0v) is 10.0. The highest BCUT2D eigenvalue weighted by atomic mass is 79.9. The van der Waals surface area contributed by atoms with E-state index in [1.807, 2.05) is 18.2 Å². The van der Waals surface area contributed by atoms with Crippen molar-refractivity contribution in [3.63, 3.8) is 0 Å². The third-order valence-electron chi connectivity index (χ3n) is 2.09. The summed E-state index contributed by atoms with van der Waals surface area (Å²) in [5, 5.41) is 1.04. The Labute approximate surface area is 95.3 Å². The van der Waals surface area contributed by atoms with Crippen molar-refractivity contribution in [2.75, 3.05) is 0 Å². The summed E-state index contributed by atoms with van der Waals surface area (Å²) in [6.45, 7) is 2.14. The lowest BCUT2D eigenvalue weighted by molar-refractivity contribution is 0.899. The molecule has 0 fully saturated rings. The van der Waals surface area contributed by atoms with Gasteiger partial charge in [0, 0.05) is 5.92 Å². The minimum absolute atomic E-state index is 0.319. The highest BCUT2D eigenvalue weighted by Crippen LogP contribution is 2.25. The second kappa shape index (κ2) is 4.19. The molecule has 0 radical (unpaired) electrons. The minimum Gasteiger partial charge on any atom is -0.213 e. The van der Waals surface area contributed by atoms with Gasteiger partial charge < -0.3 is 0 Å². The first kappa shape index (κ1) is 9.80. The van der Waals surface area contributed by atoms with Gasteiger partial charge in [0.05, 0.1) is 0 Å². The van der Waals surface area contributed by atoms with Crippen LogP contribution < -0.4 is 0 Å². The summed E-state index contributed by atoms with van der Waals surface area (Å²) in [6.07, 6.45) is 0. The molecule has 1 aromatic carbocycles. The molecule has 1 unspecified atom stereocenters. The summed E-state index contributed by atoms with van der Waals surface area (Å²) >= 11 is 4.71. The van der Waals surface area contributed by atoms with E-state index in [0.29, 0.717) is 10.7 Å². The number of aromatic nitrogens is 2. The largest absolute Gasteiger partial charge is 0.213 e. The predicted molar refractivity (Wildman–Crippen MR) is 61.6 cm³/mol. The fourth-order valence-electron chi connectivity index (χ4n) is 1.28. The third kappa shape index (κ3) is 2.01. The standard InChI is InChI=1S/C10H9BrN2S/c1-7(8-5-3-2-4-6-8)9-12-10(11)13-14-9/h2-7H,1H3. The van der Waals surface area contributed by atoms with Gasteiger partial charge in [-0.25, -0.2) is 4.98 Å². The molecular formula is C10H9BrN2S. The lowest BCUT2D eigenvalue weighted by Crippen LogP contribution is -1.94. The molecule has 0 amide bonds. The summed E-state index contributed by atoms with van der Waals surface area (Å²) in [6, 6.07) is 10.3. The summed E-state index contributed by atoms with van der Waals surface area (Å²) in [4.78, 5) is 4.31. The highest BCUT2D eigenvalue weighted by molar-refractivity contribution is 9.10. The van der Waals surface area contributed by atoms with Crippen LogP contribution in [0.3, 0.4) is 0 Å². The van der Waals surface area contributed by atoms with Crippen LogP contribution in [0.5, 0.6) is 0 Å². The molecule has 0 aliphatic carbocycles. The molecule has 0 saturated heterocycles. The van der Waals surface area contributed by atoms with Gasteiger partial charge in [-0.15, -0.1) is 0 Å². The molecule has 1 atom stereocenters. The number of halogens is 1. The lowest BCUT2D eigenvalue weighted by Gasteiger charge is -2.06. The van der Waals surface area contributed by atoms with E-state index in [9.17, 15) is 0 Å². The van der Waals surface area contributed by atoms with Crippen molar-refractivity contribution in [3.8, 4) is 0 Å². The van der Waals surface area contributed by atoms with Crippen molar-refractivity contribution in [2.45, 2.75) is 12.8 Å². The van der Waals surface area contributed by atoms with Gasteiger partial charge in [0.15, 0.2) is 0 Å². The van der Waals surface area contributed by atoms with E-state index in [-0.39, 0.29) is 0 Å². The molecule has 0 N–H and O–H groups in total. The topological polar surface area (TPSA) is 25.8 Å². The molecule has 4 heteroatoms. The van der Waals surface area contributed by atoms with E-state index >= 15 is 0 Å². The number of hydrogen-bond donors (Lipinski definition) is 0. The molecule has 0 aliphatic rings. The van der Waals surface area contributed by atoms with Crippen molar-refractivity contribution < 1.29 is 0 Å². The van der Waals surface area contributed by atoms with Crippen molar-refractivity contribution in [2.24, 2.45) is 0 Å². The summed E-state index contributed by atoms with van der Waals surface area (Å²) in [5.41, 5.74) is 1.27. The Morgan fingerprint density at radius 3 is 2.57 bits per heavy atom.